The van der Waals surface area contributed by atoms with Crippen molar-refractivity contribution in [2.24, 2.45) is 5.92 Å². The number of hydrogen-bond donors (Lipinski definition) is 1. The summed E-state index contributed by atoms with van der Waals surface area (Å²) in [6.45, 7) is 4.49. The van der Waals surface area contributed by atoms with E-state index in [1.807, 2.05) is 0 Å². The number of rotatable bonds is 6. The Morgan fingerprint density at radius 2 is 1.93 bits per heavy atom. The van der Waals surface area contributed by atoms with Gasteiger partial charge in [0.1, 0.15) is 0 Å². The highest BCUT2D eigenvalue weighted by Crippen LogP contribution is 2.28. The van der Waals surface area contributed by atoms with Gasteiger partial charge < -0.3 is 10.2 Å². The topological polar surface area (TPSA) is 15.3 Å². The smallest absolute Gasteiger partial charge is 0.0197 e. The molecule has 0 bridgehead atoms. The zero-order valence-electron chi connectivity index (χ0n) is 10.1. The lowest BCUT2D eigenvalue weighted by Crippen LogP contribution is -2.39. The molecule has 0 spiro atoms. The molecule has 1 aliphatic rings. The maximum atomic E-state index is 3.60. The Labute approximate surface area is 89.1 Å². The van der Waals surface area contributed by atoms with Crippen LogP contribution < -0.4 is 5.32 Å². The summed E-state index contributed by atoms with van der Waals surface area (Å²) in [5.74, 6) is 0.999. The molecule has 1 fully saturated rings. The van der Waals surface area contributed by atoms with Gasteiger partial charge in [-0.1, -0.05) is 32.6 Å². The molecule has 2 nitrogen and oxygen atoms in total. The Morgan fingerprint density at radius 3 is 2.43 bits per heavy atom. The molecule has 0 saturated heterocycles. The van der Waals surface area contributed by atoms with Crippen LogP contribution in [0.2, 0.25) is 0 Å². The fourth-order valence-electron chi connectivity index (χ4n) is 2.60. The summed E-state index contributed by atoms with van der Waals surface area (Å²) >= 11 is 0. The Kier molecular flexibility index (Phi) is 5.49. The van der Waals surface area contributed by atoms with Gasteiger partial charge in [0, 0.05) is 12.6 Å². The summed E-state index contributed by atoms with van der Waals surface area (Å²) in [5, 5.41) is 3.60. The van der Waals surface area contributed by atoms with E-state index >= 15 is 0 Å². The van der Waals surface area contributed by atoms with Crippen molar-refractivity contribution in [2.75, 3.05) is 27.2 Å². The maximum absolute atomic E-state index is 3.60. The van der Waals surface area contributed by atoms with Crippen LogP contribution in [-0.2, 0) is 0 Å². The predicted octanol–water partition coefficient (Wildman–Crippen LogP) is 2.11. The molecule has 0 heterocycles. The van der Waals surface area contributed by atoms with Gasteiger partial charge in [0.05, 0.1) is 0 Å². The van der Waals surface area contributed by atoms with Gasteiger partial charge in [-0.25, -0.2) is 0 Å². The number of nitrogens with one attached hydrogen (secondary N) is 1. The van der Waals surface area contributed by atoms with Gasteiger partial charge in [0.2, 0.25) is 0 Å². The monoisotopic (exact) mass is 198 g/mol. The van der Waals surface area contributed by atoms with Crippen LogP contribution in [0.3, 0.4) is 0 Å². The van der Waals surface area contributed by atoms with Crippen LogP contribution in [0, 0.1) is 5.92 Å². The molecule has 84 valence electrons. The van der Waals surface area contributed by atoms with E-state index in [4.69, 9.17) is 0 Å². The van der Waals surface area contributed by atoms with Gasteiger partial charge in [-0.05, 0) is 33.0 Å². The minimum Gasteiger partial charge on any atom is -0.313 e. The van der Waals surface area contributed by atoms with Gasteiger partial charge in [-0.2, -0.15) is 0 Å². The quantitative estimate of drug-likeness (QED) is 0.703. The van der Waals surface area contributed by atoms with E-state index in [0.29, 0.717) is 6.04 Å². The largest absolute Gasteiger partial charge is 0.313 e. The number of nitrogens with zero attached hydrogens (tertiary/aromatic N) is 1. The Balaban J connectivity index is 2.25. The molecule has 0 aliphatic heterocycles. The maximum Gasteiger partial charge on any atom is 0.0197 e. The highest BCUT2D eigenvalue weighted by atomic mass is 15.1. The van der Waals surface area contributed by atoms with E-state index in [1.165, 1.54) is 38.6 Å². The van der Waals surface area contributed by atoms with Crippen molar-refractivity contribution < 1.29 is 0 Å². The van der Waals surface area contributed by atoms with Crippen molar-refractivity contribution in [3.8, 4) is 0 Å². The summed E-state index contributed by atoms with van der Waals surface area (Å²) < 4.78 is 0. The van der Waals surface area contributed by atoms with Crippen molar-refractivity contribution in [3.63, 3.8) is 0 Å². The lowest BCUT2D eigenvalue weighted by atomic mass is 9.98. The molecule has 1 saturated carbocycles. The lowest BCUT2D eigenvalue weighted by molar-refractivity contribution is 0.299. The van der Waals surface area contributed by atoms with E-state index in [1.54, 1.807) is 0 Å². The average Bonchev–Trinajstić information content (AvgIpc) is 2.56. The molecular formula is C12H26N2. The highest BCUT2D eigenvalue weighted by molar-refractivity contribution is 4.76. The van der Waals surface area contributed by atoms with Crippen LogP contribution in [0.1, 0.15) is 39.0 Å². The summed E-state index contributed by atoms with van der Waals surface area (Å²) in [6, 6.07) is 0.707. The molecule has 1 rings (SSSR count). The standard InChI is InChI=1S/C12H26N2/c1-4-13-12(10-14(2)3)9-11-7-5-6-8-11/h11-13H,4-10H2,1-3H3. The highest BCUT2D eigenvalue weighted by Gasteiger charge is 2.19. The van der Waals surface area contributed by atoms with Crippen LogP contribution in [0.5, 0.6) is 0 Å². The Hall–Kier alpha value is -0.0800. The summed E-state index contributed by atoms with van der Waals surface area (Å²) in [5.41, 5.74) is 0. The first-order chi connectivity index (χ1) is 6.72. The second-order valence-electron chi connectivity index (χ2n) is 4.90. The van der Waals surface area contributed by atoms with E-state index in [9.17, 15) is 0 Å². The van der Waals surface area contributed by atoms with E-state index in [-0.39, 0.29) is 0 Å². The summed E-state index contributed by atoms with van der Waals surface area (Å²) in [7, 11) is 4.33. The third-order valence-corrected chi connectivity index (χ3v) is 3.17. The van der Waals surface area contributed by atoms with Crippen molar-refractivity contribution in [2.45, 2.75) is 45.1 Å². The van der Waals surface area contributed by atoms with Crippen LogP contribution in [0.4, 0.5) is 0 Å². The lowest BCUT2D eigenvalue weighted by Gasteiger charge is -2.24. The first-order valence-electron chi connectivity index (χ1n) is 6.10. The molecule has 0 aromatic carbocycles. The summed E-state index contributed by atoms with van der Waals surface area (Å²) in [6.07, 6.45) is 7.24. The molecular weight excluding hydrogens is 172 g/mol. The van der Waals surface area contributed by atoms with Gasteiger partial charge in [0.15, 0.2) is 0 Å². The van der Waals surface area contributed by atoms with Gasteiger partial charge in [-0.15, -0.1) is 0 Å². The average molecular weight is 198 g/mol. The molecule has 0 aromatic rings. The first-order valence-corrected chi connectivity index (χ1v) is 6.10. The Bertz CT molecular complexity index is 139. The zero-order valence-corrected chi connectivity index (χ0v) is 10.1. The number of hydrogen-bond acceptors (Lipinski definition) is 2. The normalized spacial score (nSPS) is 20.6. The van der Waals surface area contributed by atoms with Crippen molar-refractivity contribution in [1.29, 1.82) is 0 Å². The van der Waals surface area contributed by atoms with E-state index in [2.05, 4.69) is 31.2 Å². The van der Waals surface area contributed by atoms with Crippen LogP contribution >= 0.6 is 0 Å². The minimum absolute atomic E-state index is 0.707. The fourth-order valence-corrected chi connectivity index (χ4v) is 2.60. The first kappa shape index (κ1) is 12.0. The second kappa shape index (κ2) is 6.41. The fraction of sp³-hybridized carbons (Fsp3) is 1.00. The number of likely N-dealkylation sites (N-methyl/N-ethyl adjacent to an activating group) is 2. The van der Waals surface area contributed by atoms with E-state index in [0.717, 1.165) is 12.5 Å². The SMILES string of the molecule is CCNC(CC1CCCC1)CN(C)C. The van der Waals surface area contributed by atoms with Crippen LogP contribution in [0.25, 0.3) is 0 Å². The molecule has 0 amide bonds. The predicted molar refractivity (Wildman–Crippen MR) is 62.6 cm³/mol. The Morgan fingerprint density at radius 1 is 1.29 bits per heavy atom. The van der Waals surface area contributed by atoms with Crippen molar-refractivity contribution >= 4 is 0 Å². The minimum atomic E-state index is 0.707. The van der Waals surface area contributed by atoms with E-state index < -0.39 is 0 Å². The molecule has 2 heteroatoms. The molecule has 14 heavy (non-hydrogen) atoms. The third-order valence-electron chi connectivity index (χ3n) is 3.17. The second-order valence-corrected chi connectivity index (χ2v) is 4.90. The molecule has 1 atom stereocenters. The van der Waals surface area contributed by atoms with Crippen molar-refractivity contribution in [3.05, 3.63) is 0 Å². The van der Waals surface area contributed by atoms with Crippen LogP contribution in [-0.4, -0.2) is 38.1 Å². The van der Waals surface area contributed by atoms with Gasteiger partial charge in [-0.3, -0.25) is 0 Å². The van der Waals surface area contributed by atoms with Crippen LogP contribution in [0.15, 0.2) is 0 Å². The molecule has 1 N–H and O–H groups in total. The molecule has 0 radical (unpaired) electrons. The molecule has 1 aliphatic carbocycles. The van der Waals surface area contributed by atoms with Crippen molar-refractivity contribution in [1.82, 2.24) is 10.2 Å². The third kappa shape index (κ3) is 4.43. The van der Waals surface area contributed by atoms with Gasteiger partial charge in [0.25, 0.3) is 0 Å². The summed E-state index contributed by atoms with van der Waals surface area (Å²) in [4.78, 5) is 2.29. The molecule has 1 unspecified atom stereocenters. The molecule has 0 aromatic heterocycles. The van der Waals surface area contributed by atoms with Gasteiger partial charge >= 0.3 is 0 Å². The zero-order chi connectivity index (χ0) is 10.4.